The maximum absolute atomic E-state index is 12.5. The molecule has 1 aliphatic rings. The summed E-state index contributed by atoms with van der Waals surface area (Å²) < 4.78 is 1.71. The standard InChI is InChI=1S/C17H23ClN6O.ClH/c1-12-11-13(2)24(22-12)15-4-3-14(18)16(21-15)17(25)20-7-10-23-8-5-19-6-9-23;/h3-4,11,19H,5-10H2,1-2H3,(H,20,25);1H. The Kier molecular flexibility index (Phi) is 7.40. The number of carbonyl (C=O) groups excluding carboxylic acids is 1. The molecule has 0 aromatic carbocycles. The Morgan fingerprint density at radius 2 is 2.04 bits per heavy atom. The van der Waals surface area contributed by atoms with Gasteiger partial charge in [0.05, 0.1) is 10.7 Å². The second-order valence-corrected chi connectivity index (χ2v) is 6.59. The first-order valence-corrected chi connectivity index (χ1v) is 8.84. The number of pyridine rings is 1. The van der Waals surface area contributed by atoms with Gasteiger partial charge in [0.2, 0.25) is 0 Å². The van der Waals surface area contributed by atoms with Gasteiger partial charge < -0.3 is 10.6 Å². The summed E-state index contributed by atoms with van der Waals surface area (Å²) in [5.41, 5.74) is 2.08. The molecule has 0 aliphatic carbocycles. The molecule has 142 valence electrons. The lowest BCUT2D eigenvalue weighted by Crippen LogP contribution is -2.46. The summed E-state index contributed by atoms with van der Waals surface area (Å²) in [6.45, 7) is 9.25. The molecular formula is C17H24Cl2N6O. The molecule has 0 bridgehead atoms. The Balaban J connectivity index is 0.00000243. The van der Waals surface area contributed by atoms with Crippen molar-refractivity contribution in [3.63, 3.8) is 0 Å². The number of halogens is 2. The van der Waals surface area contributed by atoms with Crippen molar-refractivity contribution in [3.05, 3.63) is 40.3 Å². The third-order valence-electron chi connectivity index (χ3n) is 4.20. The fourth-order valence-electron chi connectivity index (χ4n) is 2.92. The third-order valence-corrected chi connectivity index (χ3v) is 4.50. The largest absolute Gasteiger partial charge is 0.349 e. The van der Waals surface area contributed by atoms with Crippen LogP contribution in [0.1, 0.15) is 21.9 Å². The van der Waals surface area contributed by atoms with Crippen molar-refractivity contribution in [2.24, 2.45) is 0 Å². The molecule has 0 unspecified atom stereocenters. The first-order chi connectivity index (χ1) is 12.0. The molecule has 2 aromatic heterocycles. The Morgan fingerprint density at radius 3 is 2.69 bits per heavy atom. The zero-order valence-corrected chi connectivity index (χ0v) is 16.5. The lowest BCUT2D eigenvalue weighted by molar-refractivity contribution is 0.0942. The summed E-state index contributed by atoms with van der Waals surface area (Å²) in [7, 11) is 0. The second-order valence-electron chi connectivity index (χ2n) is 6.19. The highest BCUT2D eigenvalue weighted by molar-refractivity contribution is 6.33. The SMILES string of the molecule is Cc1cc(C)n(-c2ccc(Cl)c(C(=O)NCCN3CCNCC3)n2)n1.Cl. The maximum atomic E-state index is 12.5. The number of amides is 1. The van der Waals surface area contributed by atoms with Crippen molar-refractivity contribution in [3.8, 4) is 5.82 Å². The predicted octanol–water partition coefficient (Wildman–Crippen LogP) is 1.59. The number of carbonyl (C=O) groups is 1. The van der Waals surface area contributed by atoms with E-state index in [0.717, 1.165) is 44.1 Å². The molecule has 3 heterocycles. The number of nitrogens with zero attached hydrogens (tertiary/aromatic N) is 4. The highest BCUT2D eigenvalue weighted by atomic mass is 35.5. The molecular weight excluding hydrogens is 375 g/mol. The molecule has 1 amide bonds. The minimum absolute atomic E-state index is 0. The van der Waals surface area contributed by atoms with Gasteiger partial charge in [-0.15, -0.1) is 12.4 Å². The Labute approximate surface area is 164 Å². The number of hydrogen-bond acceptors (Lipinski definition) is 5. The van der Waals surface area contributed by atoms with E-state index in [4.69, 9.17) is 11.6 Å². The smallest absolute Gasteiger partial charge is 0.271 e. The van der Waals surface area contributed by atoms with Crippen LogP contribution in [-0.2, 0) is 0 Å². The van der Waals surface area contributed by atoms with E-state index in [1.54, 1.807) is 16.8 Å². The zero-order chi connectivity index (χ0) is 17.8. The van der Waals surface area contributed by atoms with E-state index >= 15 is 0 Å². The van der Waals surface area contributed by atoms with Gasteiger partial charge in [0, 0.05) is 45.0 Å². The van der Waals surface area contributed by atoms with E-state index in [1.807, 2.05) is 19.9 Å². The van der Waals surface area contributed by atoms with Crippen LogP contribution in [0.2, 0.25) is 5.02 Å². The zero-order valence-electron chi connectivity index (χ0n) is 15.0. The molecule has 3 rings (SSSR count). The molecule has 1 fully saturated rings. The molecule has 2 N–H and O–H groups in total. The molecule has 1 saturated heterocycles. The first kappa shape index (κ1) is 20.6. The van der Waals surface area contributed by atoms with Crippen LogP contribution in [0, 0.1) is 13.8 Å². The van der Waals surface area contributed by atoms with Crippen LogP contribution >= 0.6 is 24.0 Å². The maximum Gasteiger partial charge on any atom is 0.271 e. The van der Waals surface area contributed by atoms with Crippen LogP contribution in [0.4, 0.5) is 0 Å². The van der Waals surface area contributed by atoms with E-state index in [0.29, 0.717) is 17.4 Å². The minimum Gasteiger partial charge on any atom is -0.349 e. The van der Waals surface area contributed by atoms with Crippen molar-refractivity contribution < 1.29 is 4.79 Å². The number of nitrogens with one attached hydrogen (secondary N) is 2. The predicted molar refractivity (Wildman–Crippen MR) is 105 cm³/mol. The minimum atomic E-state index is -0.261. The van der Waals surface area contributed by atoms with Crippen LogP contribution in [-0.4, -0.2) is 64.8 Å². The van der Waals surface area contributed by atoms with Gasteiger partial charge in [-0.25, -0.2) is 9.67 Å². The third kappa shape index (κ3) is 4.94. The Bertz CT molecular complexity index is 758. The van der Waals surface area contributed by atoms with Gasteiger partial charge >= 0.3 is 0 Å². The summed E-state index contributed by atoms with van der Waals surface area (Å²) in [5.74, 6) is 0.325. The lowest BCUT2D eigenvalue weighted by atomic mass is 10.3. The number of rotatable bonds is 5. The van der Waals surface area contributed by atoms with Crippen molar-refractivity contribution in [2.75, 3.05) is 39.3 Å². The molecule has 7 nitrogen and oxygen atoms in total. The molecule has 26 heavy (non-hydrogen) atoms. The number of aryl methyl sites for hydroxylation is 2. The van der Waals surface area contributed by atoms with Crippen LogP contribution in [0.15, 0.2) is 18.2 Å². The summed E-state index contributed by atoms with van der Waals surface area (Å²) >= 11 is 6.18. The van der Waals surface area contributed by atoms with Gasteiger partial charge in [-0.05, 0) is 32.0 Å². The number of piperazine rings is 1. The monoisotopic (exact) mass is 398 g/mol. The van der Waals surface area contributed by atoms with Gasteiger partial charge in [-0.2, -0.15) is 5.10 Å². The molecule has 9 heteroatoms. The highest BCUT2D eigenvalue weighted by Crippen LogP contribution is 2.17. The molecule has 0 saturated carbocycles. The molecule has 0 atom stereocenters. The van der Waals surface area contributed by atoms with E-state index in [1.165, 1.54) is 0 Å². The number of hydrogen-bond donors (Lipinski definition) is 2. The molecule has 1 aliphatic heterocycles. The van der Waals surface area contributed by atoms with Gasteiger partial charge in [0.25, 0.3) is 5.91 Å². The average molecular weight is 399 g/mol. The highest BCUT2D eigenvalue weighted by Gasteiger charge is 2.16. The van der Waals surface area contributed by atoms with Gasteiger partial charge in [0.1, 0.15) is 5.69 Å². The molecule has 0 radical (unpaired) electrons. The van der Waals surface area contributed by atoms with Crippen molar-refractivity contribution >= 4 is 29.9 Å². The summed E-state index contributed by atoms with van der Waals surface area (Å²) in [5, 5.41) is 11.0. The van der Waals surface area contributed by atoms with Gasteiger partial charge in [-0.1, -0.05) is 11.6 Å². The van der Waals surface area contributed by atoms with Crippen LogP contribution in [0.3, 0.4) is 0 Å². The van der Waals surface area contributed by atoms with Gasteiger partial charge in [0.15, 0.2) is 5.82 Å². The van der Waals surface area contributed by atoms with E-state index in [-0.39, 0.29) is 24.0 Å². The van der Waals surface area contributed by atoms with Crippen LogP contribution in [0.5, 0.6) is 0 Å². The van der Waals surface area contributed by atoms with E-state index < -0.39 is 0 Å². The van der Waals surface area contributed by atoms with Crippen molar-refractivity contribution in [2.45, 2.75) is 13.8 Å². The fourth-order valence-corrected chi connectivity index (χ4v) is 3.11. The summed E-state index contributed by atoms with van der Waals surface area (Å²) in [4.78, 5) is 19.2. The average Bonchev–Trinajstić information content (AvgIpc) is 2.94. The molecule has 0 spiro atoms. The lowest BCUT2D eigenvalue weighted by Gasteiger charge is -2.27. The van der Waals surface area contributed by atoms with Crippen molar-refractivity contribution in [1.82, 2.24) is 30.3 Å². The fraction of sp³-hybridized carbons (Fsp3) is 0.471. The first-order valence-electron chi connectivity index (χ1n) is 8.46. The Morgan fingerprint density at radius 1 is 1.31 bits per heavy atom. The summed E-state index contributed by atoms with van der Waals surface area (Å²) in [6, 6.07) is 5.41. The quantitative estimate of drug-likeness (QED) is 0.799. The topological polar surface area (TPSA) is 75.1 Å². The Hall–Kier alpha value is -1.67. The second kappa shape index (κ2) is 9.32. The van der Waals surface area contributed by atoms with E-state index in [2.05, 4.69) is 25.6 Å². The van der Waals surface area contributed by atoms with E-state index in [9.17, 15) is 4.79 Å². The number of aromatic nitrogens is 3. The van der Waals surface area contributed by atoms with Crippen LogP contribution < -0.4 is 10.6 Å². The normalized spacial score (nSPS) is 14.7. The van der Waals surface area contributed by atoms with Crippen molar-refractivity contribution in [1.29, 1.82) is 0 Å². The summed E-state index contributed by atoms with van der Waals surface area (Å²) in [6.07, 6.45) is 0. The molecule has 2 aromatic rings. The van der Waals surface area contributed by atoms with Crippen LogP contribution in [0.25, 0.3) is 5.82 Å². The van der Waals surface area contributed by atoms with Gasteiger partial charge in [-0.3, -0.25) is 9.69 Å².